The van der Waals surface area contributed by atoms with E-state index in [2.05, 4.69) is 15.4 Å². The minimum absolute atomic E-state index is 0.0151. The average Bonchev–Trinajstić information content (AvgIpc) is 3.58. The highest BCUT2D eigenvalue weighted by molar-refractivity contribution is 8.02. The largest absolute Gasteiger partial charge is 0.466 e. The number of nitrogens with one attached hydrogen (secondary N) is 2. The van der Waals surface area contributed by atoms with Gasteiger partial charge in [-0.2, -0.15) is 0 Å². The van der Waals surface area contributed by atoms with Crippen molar-refractivity contribution in [1.29, 1.82) is 0 Å². The van der Waals surface area contributed by atoms with Crippen LogP contribution in [0.25, 0.3) is 0 Å². The average molecular weight is 875 g/mol. The van der Waals surface area contributed by atoms with Crippen LogP contribution >= 0.6 is 23.5 Å². The number of hydrogen-bond acceptors (Lipinski definition) is 16. The van der Waals surface area contributed by atoms with Gasteiger partial charge < -0.3 is 44.1 Å². The van der Waals surface area contributed by atoms with E-state index in [0.29, 0.717) is 30.5 Å². The molecule has 5 rings (SSSR count). The predicted molar refractivity (Wildman–Crippen MR) is 218 cm³/mol. The van der Waals surface area contributed by atoms with Crippen molar-refractivity contribution in [2.24, 2.45) is 0 Å². The molecule has 6 atom stereocenters. The molecule has 17 nitrogen and oxygen atoms in total. The molecule has 328 valence electrons. The summed E-state index contributed by atoms with van der Waals surface area (Å²) in [6.45, 7) is 7.89. The molecule has 4 fully saturated rings. The molecule has 0 spiro atoms. The van der Waals surface area contributed by atoms with Crippen molar-refractivity contribution in [3.8, 4) is 0 Å². The van der Waals surface area contributed by atoms with Gasteiger partial charge >= 0.3 is 29.8 Å². The number of esters is 5. The van der Waals surface area contributed by atoms with Gasteiger partial charge in [-0.05, 0) is 53.0 Å². The number of ether oxygens (including phenoxy) is 5. The van der Waals surface area contributed by atoms with Gasteiger partial charge in [0.25, 0.3) is 0 Å². The second kappa shape index (κ2) is 20.2. The van der Waals surface area contributed by atoms with Crippen molar-refractivity contribution in [2.45, 2.75) is 137 Å². The lowest BCUT2D eigenvalue weighted by Gasteiger charge is -2.44. The number of nitrogens with zero attached hydrogens (tertiary/aromatic N) is 2. The van der Waals surface area contributed by atoms with Crippen LogP contribution in [-0.2, 0) is 62.0 Å². The second-order valence-electron chi connectivity index (χ2n) is 16.0. The Hall–Kier alpha value is -4.78. The fourth-order valence-electron chi connectivity index (χ4n) is 7.63. The maximum Gasteiger partial charge on any atom is 0.333 e. The SMILES string of the molecule is COC(=O)C=C(C)NC(C(=O)N[C@@H]1C(=O)N2[C@@H]1SC(C)(C)[C@@H]2C(=O)OCOC(=O)CCCCCCCCC(=O)OCOC(=O)[C@@H]1N2C(=O)C[C@H]2SC1(C)C)c1ccccc1. The predicted octanol–water partition coefficient (Wildman–Crippen LogP) is 3.60. The molecule has 4 aliphatic rings. The Morgan fingerprint density at radius 1 is 0.783 bits per heavy atom. The third-order valence-electron chi connectivity index (χ3n) is 10.7. The maximum atomic E-state index is 13.6. The first-order chi connectivity index (χ1) is 28.4. The quantitative estimate of drug-likeness (QED) is 0.0451. The zero-order chi connectivity index (χ0) is 43.8. The van der Waals surface area contributed by atoms with Crippen molar-refractivity contribution in [3.05, 3.63) is 47.7 Å². The number of hydrogen-bond donors (Lipinski definition) is 2. The summed E-state index contributed by atoms with van der Waals surface area (Å²) in [5.74, 6) is -3.95. The van der Waals surface area contributed by atoms with Crippen LogP contribution in [0.15, 0.2) is 42.1 Å². The fraction of sp³-hybridized carbons (Fsp3) is 0.610. The number of fused-ring (bicyclic) bond motifs is 2. The molecule has 0 aromatic heterocycles. The van der Waals surface area contributed by atoms with Crippen molar-refractivity contribution in [2.75, 3.05) is 20.7 Å². The second-order valence-corrected chi connectivity index (χ2v) is 19.6. The molecule has 2 N–H and O–H groups in total. The van der Waals surface area contributed by atoms with Crippen molar-refractivity contribution >= 4 is 71.1 Å². The third-order valence-corrected chi connectivity index (χ3v) is 13.7. The molecule has 0 bridgehead atoms. The van der Waals surface area contributed by atoms with Crippen LogP contribution < -0.4 is 10.6 Å². The highest BCUT2D eigenvalue weighted by Gasteiger charge is 2.65. The van der Waals surface area contributed by atoms with Crippen LogP contribution in [0.5, 0.6) is 0 Å². The first kappa shape index (κ1) is 46.3. The molecule has 60 heavy (non-hydrogen) atoms. The molecule has 1 unspecified atom stereocenters. The standard InChI is InChI=1S/C41H54N4O13S2/c1-24(20-30(49)54-6)42-31(25-16-12-11-13-17-25)35(50)43-32-36(51)45-34(41(4,5)60-37(32)45)39(53)58-23-56-29(48)19-15-10-8-7-9-14-18-28(47)55-22-57-38(52)33-40(2,3)59-27-21-26(46)44(27)33/h11-13,16-17,20,27,31-34,37,42H,7-10,14-15,18-19,21-23H2,1-6H3,(H,43,50)/t27-,31?,32-,33+,34+,37-/m1/s1. The van der Waals surface area contributed by atoms with Gasteiger partial charge in [-0.1, -0.05) is 56.0 Å². The maximum absolute atomic E-state index is 13.6. The fourth-order valence-corrected chi connectivity index (χ4v) is 10.9. The summed E-state index contributed by atoms with van der Waals surface area (Å²) in [7, 11) is 1.24. The van der Waals surface area contributed by atoms with Crippen LogP contribution in [0.2, 0.25) is 0 Å². The molecule has 0 saturated carbocycles. The van der Waals surface area contributed by atoms with Crippen LogP contribution in [-0.4, -0.2) is 116 Å². The van der Waals surface area contributed by atoms with Gasteiger partial charge in [0.05, 0.1) is 18.9 Å². The Balaban J connectivity index is 0.935. The van der Waals surface area contributed by atoms with Crippen LogP contribution in [0.4, 0.5) is 0 Å². The molecule has 4 aliphatic heterocycles. The van der Waals surface area contributed by atoms with E-state index in [9.17, 15) is 38.4 Å². The van der Waals surface area contributed by atoms with Crippen LogP contribution in [0, 0.1) is 0 Å². The van der Waals surface area contributed by atoms with Gasteiger partial charge in [-0.25, -0.2) is 14.4 Å². The van der Waals surface area contributed by atoms with Crippen molar-refractivity contribution < 1.29 is 62.0 Å². The van der Waals surface area contributed by atoms with E-state index in [1.807, 2.05) is 13.8 Å². The molecule has 4 heterocycles. The minimum atomic E-state index is -0.977. The van der Waals surface area contributed by atoms with Crippen molar-refractivity contribution in [3.63, 3.8) is 0 Å². The smallest absolute Gasteiger partial charge is 0.333 e. The first-order valence-electron chi connectivity index (χ1n) is 20.0. The number of benzene rings is 1. The van der Waals surface area contributed by atoms with Crippen LogP contribution in [0.1, 0.15) is 104 Å². The van der Waals surface area contributed by atoms with E-state index in [1.165, 1.54) is 29.8 Å². The summed E-state index contributed by atoms with van der Waals surface area (Å²) in [6, 6.07) is 5.29. The molecule has 19 heteroatoms. The first-order valence-corrected chi connectivity index (χ1v) is 21.7. The van der Waals surface area contributed by atoms with E-state index >= 15 is 0 Å². The Bertz CT molecular complexity index is 1840. The topological polar surface area (TPSA) is 213 Å². The lowest BCUT2D eigenvalue weighted by atomic mass is 9.95. The van der Waals surface area contributed by atoms with Gasteiger partial charge in [0.15, 0.2) is 0 Å². The highest BCUT2D eigenvalue weighted by Crippen LogP contribution is 2.52. The molecule has 1 aromatic carbocycles. The van der Waals surface area contributed by atoms with E-state index in [-0.39, 0.29) is 24.1 Å². The minimum Gasteiger partial charge on any atom is -0.466 e. The number of thioether (sulfide) groups is 2. The van der Waals surface area contributed by atoms with Gasteiger partial charge in [-0.15, -0.1) is 23.5 Å². The molecular formula is C41H54N4O13S2. The Kier molecular flexibility index (Phi) is 15.6. The Labute approximate surface area is 357 Å². The van der Waals surface area contributed by atoms with E-state index in [1.54, 1.807) is 67.8 Å². The monoisotopic (exact) mass is 874 g/mol. The van der Waals surface area contributed by atoms with E-state index in [0.717, 1.165) is 25.7 Å². The highest BCUT2D eigenvalue weighted by atomic mass is 32.2. The number of rotatable bonds is 21. The zero-order valence-electron chi connectivity index (χ0n) is 34.7. The van der Waals surface area contributed by atoms with Gasteiger partial charge in [0.2, 0.25) is 31.3 Å². The number of allylic oxidation sites excluding steroid dienone is 1. The molecular weight excluding hydrogens is 821 g/mol. The summed E-state index contributed by atoms with van der Waals surface area (Å²) in [5.41, 5.74) is 0.985. The van der Waals surface area contributed by atoms with Crippen molar-refractivity contribution in [1.82, 2.24) is 20.4 Å². The number of β-lactam (4-membered cyclic amide) rings is 2. The summed E-state index contributed by atoms with van der Waals surface area (Å²) in [5, 5.41) is 5.27. The van der Waals surface area contributed by atoms with Gasteiger partial charge in [0, 0.05) is 34.1 Å². The molecule has 1 aromatic rings. The molecule has 4 saturated heterocycles. The number of amides is 3. The molecule has 3 amide bonds. The van der Waals surface area contributed by atoms with E-state index in [4.69, 9.17) is 18.9 Å². The van der Waals surface area contributed by atoms with Gasteiger partial charge in [0.1, 0.15) is 29.5 Å². The number of methoxy groups -OCH3 is 1. The van der Waals surface area contributed by atoms with E-state index < -0.39 is 94.3 Å². The number of carbonyl (C=O) groups is 8. The zero-order valence-corrected chi connectivity index (χ0v) is 36.4. The Morgan fingerprint density at radius 2 is 1.32 bits per heavy atom. The lowest BCUT2D eigenvalue weighted by Crippen LogP contribution is -2.71. The number of carbonyl (C=O) groups excluding carboxylic acids is 8. The normalized spacial score (nSPS) is 23.8. The summed E-state index contributed by atoms with van der Waals surface area (Å²) in [6.07, 6.45) is 6.27. The summed E-state index contributed by atoms with van der Waals surface area (Å²) < 4.78 is 24.1. The third kappa shape index (κ3) is 11.1. The lowest BCUT2D eigenvalue weighted by molar-refractivity contribution is -0.177. The number of unbranched alkanes of at least 4 members (excludes halogenated alkanes) is 5. The Morgan fingerprint density at radius 3 is 1.87 bits per heavy atom. The molecule has 0 radical (unpaired) electrons. The summed E-state index contributed by atoms with van der Waals surface area (Å²) in [4.78, 5) is 104. The molecule has 0 aliphatic carbocycles. The summed E-state index contributed by atoms with van der Waals surface area (Å²) >= 11 is 2.91. The van der Waals surface area contributed by atoms with Gasteiger partial charge in [-0.3, -0.25) is 24.0 Å². The van der Waals surface area contributed by atoms with Crippen LogP contribution in [0.3, 0.4) is 0 Å².